The Kier molecular flexibility index (Phi) is 4.52. The second-order valence-corrected chi connectivity index (χ2v) is 7.73. The summed E-state index contributed by atoms with van der Waals surface area (Å²) in [6, 6.07) is 12.7. The third-order valence-electron chi connectivity index (χ3n) is 4.04. The SMILES string of the molecule is O=S(=O)(NCc1ccccc1Cl)c1ccc2c(c1)CCCC2. The van der Waals surface area contributed by atoms with E-state index in [9.17, 15) is 8.42 Å². The second kappa shape index (κ2) is 6.41. The molecule has 116 valence electrons. The van der Waals surface area contributed by atoms with Crippen molar-refractivity contribution in [1.82, 2.24) is 4.72 Å². The summed E-state index contributed by atoms with van der Waals surface area (Å²) in [6.45, 7) is 0.194. The van der Waals surface area contributed by atoms with Crippen molar-refractivity contribution in [2.24, 2.45) is 0 Å². The van der Waals surface area contributed by atoms with E-state index in [0.717, 1.165) is 30.4 Å². The fourth-order valence-corrected chi connectivity index (χ4v) is 4.03. The van der Waals surface area contributed by atoms with Gasteiger partial charge < -0.3 is 0 Å². The molecular formula is C17H18ClNO2S. The fraction of sp³-hybridized carbons (Fsp3) is 0.294. The van der Waals surface area contributed by atoms with E-state index in [2.05, 4.69) is 4.72 Å². The van der Waals surface area contributed by atoms with Gasteiger partial charge in [0.05, 0.1) is 4.90 Å². The van der Waals surface area contributed by atoms with Crippen LogP contribution < -0.4 is 4.72 Å². The van der Waals surface area contributed by atoms with E-state index in [-0.39, 0.29) is 6.54 Å². The maximum absolute atomic E-state index is 12.4. The molecule has 1 aliphatic carbocycles. The number of halogens is 1. The van der Waals surface area contributed by atoms with Crippen LogP contribution in [0.25, 0.3) is 0 Å². The first-order chi connectivity index (χ1) is 10.6. The third kappa shape index (κ3) is 3.35. The Morgan fingerprint density at radius 3 is 2.50 bits per heavy atom. The summed E-state index contributed by atoms with van der Waals surface area (Å²) < 4.78 is 27.5. The van der Waals surface area contributed by atoms with Gasteiger partial charge in [-0.25, -0.2) is 13.1 Å². The van der Waals surface area contributed by atoms with Gasteiger partial charge in [-0.1, -0.05) is 35.9 Å². The van der Waals surface area contributed by atoms with Gasteiger partial charge in [0.1, 0.15) is 0 Å². The van der Waals surface area contributed by atoms with Crippen LogP contribution in [-0.2, 0) is 29.4 Å². The molecule has 0 heterocycles. The zero-order chi connectivity index (χ0) is 15.6. The molecule has 5 heteroatoms. The lowest BCUT2D eigenvalue weighted by molar-refractivity contribution is 0.580. The molecule has 0 radical (unpaired) electrons. The minimum absolute atomic E-state index is 0.194. The van der Waals surface area contributed by atoms with Crippen LogP contribution in [0.15, 0.2) is 47.4 Å². The number of nitrogens with one attached hydrogen (secondary N) is 1. The van der Waals surface area contributed by atoms with Crippen molar-refractivity contribution in [3.8, 4) is 0 Å². The first-order valence-electron chi connectivity index (χ1n) is 7.41. The molecule has 1 aliphatic rings. The predicted molar refractivity (Wildman–Crippen MR) is 88.6 cm³/mol. The molecule has 0 atom stereocenters. The van der Waals surface area contributed by atoms with Gasteiger partial charge in [-0.2, -0.15) is 0 Å². The second-order valence-electron chi connectivity index (χ2n) is 5.55. The first-order valence-corrected chi connectivity index (χ1v) is 9.27. The molecule has 0 aromatic heterocycles. The van der Waals surface area contributed by atoms with E-state index < -0.39 is 10.0 Å². The molecule has 3 nitrogen and oxygen atoms in total. The lowest BCUT2D eigenvalue weighted by Crippen LogP contribution is -2.23. The van der Waals surface area contributed by atoms with E-state index in [1.807, 2.05) is 30.3 Å². The highest BCUT2D eigenvalue weighted by molar-refractivity contribution is 7.89. The number of aryl methyl sites for hydroxylation is 2. The quantitative estimate of drug-likeness (QED) is 0.926. The van der Waals surface area contributed by atoms with Crippen LogP contribution in [0.5, 0.6) is 0 Å². The van der Waals surface area contributed by atoms with E-state index in [4.69, 9.17) is 11.6 Å². The average Bonchev–Trinajstić information content (AvgIpc) is 2.54. The normalized spacial score (nSPS) is 14.6. The predicted octanol–water partition coefficient (Wildman–Crippen LogP) is 3.70. The van der Waals surface area contributed by atoms with Crippen molar-refractivity contribution in [2.45, 2.75) is 37.1 Å². The van der Waals surface area contributed by atoms with Crippen LogP contribution >= 0.6 is 11.6 Å². The number of hydrogen-bond donors (Lipinski definition) is 1. The van der Waals surface area contributed by atoms with E-state index >= 15 is 0 Å². The monoisotopic (exact) mass is 335 g/mol. The third-order valence-corrected chi connectivity index (χ3v) is 5.81. The highest BCUT2D eigenvalue weighted by atomic mass is 35.5. The van der Waals surface area contributed by atoms with E-state index in [0.29, 0.717) is 9.92 Å². The van der Waals surface area contributed by atoms with Gasteiger partial charge in [0.15, 0.2) is 0 Å². The molecule has 0 saturated heterocycles. The van der Waals surface area contributed by atoms with Crippen LogP contribution in [0.1, 0.15) is 29.5 Å². The summed E-state index contributed by atoms with van der Waals surface area (Å²) >= 11 is 6.06. The first kappa shape index (κ1) is 15.5. The number of rotatable bonds is 4. The maximum Gasteiger partial charge on any atom is 0.240 e. The molecule has 22 heavy (non-hydrogen) atoms. The molecule has 0 saturated carbocycles. The molecular weight excluding hydrogens is 318 g/mol. The Hall–Kier alpha value is -1.36. The molecule has 0 amide bonds. The highest BCUT2D eigenvalue weighted by Crippen LogP contribution is 2.24. The van der Waals surface area contributed by atoms with Crippen LogP contribution in [0.4, 0.5) is 0 Å². The Bertz CT molecular complexity index is 787. The minimum Gasteiger partial charge on any atom is -0.207 e. The van der Waals surface area contributed by atoms with Gasteiger partial charge in [0.2, 0.25) is 10.0 Å². The van der Waals surface area contributed by atoms with Crippen molar-refractivity contribution < 1.29 is 8.42 Å². The van der Waals surface area contributed by atoms with Crippen LogP contribution in [0.2, 0.25) is 5.02 Å². The number of sulfonamides is 1. The van der Waals surface area contributed by atoms with E-state index in [1.54, 1.807) is 12.1 Å². The van der Waals surface area contributed by atoms with Crippen molar-refractivity contribution >= 4 is 21.6 Å². The molecule has 1 N–H and O–H groups in total. The highest BCUT2D eigenvalue weighted by Gasteiger charge is 2.17. The molecule has 0 spiro atoms. The Morgan fingerprint density at radius 2 is 1.73 bits per heavy atom. The zero-order valence-electron chi connectivity index (χ0n) is 12.2. The molecule has 0 aliphatic heterocycles. The Labute approximate surface area is 136 Å². The molecule has 0 fully saturated rings. The largest absolute Gasteiger partial charge is 0.240 e. The number of fused-ring (bicyclic) bond motifs is 1. The minimum atomic E-state index is -3.52. The van der Waals surface area contributed by atoms with Gasteiger partial charge in [0, 0.05) is 11.6 Å². The lowest BCUT2D eigenvalue weighted by Gasteiger charge is -2.17. The van der Waals surface area contributed by atoms with Crippen molar-refractivity contribution in [1.29, 1.82) is 0 Å². The summed E-state index contributed by atoms with van der Waals surface area (Å²) in [4.78, 5) is 0.334. The smallest absolute Gasteiger partial charge is 0.207 e. The van der Waals surface area contributed by atoms with Crippen molar-refractivity contribution in [2.75, 3.05) is 0 Å². The maximum atomic E-state index is 12.4. The molecule has 2 aromatic carbocycles. The number of hydrogen-bond acceptors (Lipinski definition) is 2. The molecule has 0 unspecified atom stereocenters. The van der Waals surface area contributed by atoms with Gasteiger partial charge in [-0.15, -0.1) is 0 Å². The molecule has 0 bridgehead atoms. The topological polar surface area (TPSA) is 46.2 Å². The van der Waals surface area contributed by atoms with Crippen LogP contribution in [0, 0.1) is 0 Å². The summed E-state index contributed by atoms with van der Waals surface area (Å²) in [7, 11) is -3.52. The Morgan fingerprint density at radius 1 is 1.00 bits per heavy atom. The Balaban J connectivity index is 1.80. The van der Waals surface area contributed by atoms with Gasteiger partial charge in [-0.3, -0.25) is 0 Å². The summed E-state index contributed by atoms with van der Waals surface area (Å²) in [6.07, 6.45) is 4.32. The van der Waals surface area contributed by atoms with Crippen molar-refractivity contribution in [3.63, 3.8) is 0 Å². The van der Waals surface area contributed by atoms with Gasteiger partial charge >= 0.3 is 0 Å². The van der Waals surface area contributed by atoms with Crippen molar-refractivity contribution in [3.05, 3.63) is 64.2 Å². The fourth-order valence-electron chi connectivity index (χ4n) is 2.77. The zero-order valence-corrected chi connectivity index (χ0v) is 13.8. The average molecular weight is 336 g/mol. The number of benzene rings is 2. The lowest BCUT2D eigenvalue weighted by atomic mass is 9.92. The van der Waals surface area contributed by atoms with Gasteiger partial charge in [0.25, 0.3) is 0 Å². The van der Waals surface area contributed by atoms with E-state index in [1.165, 1.54) is 12.0 Å². The summed E-state index contributed by atoms with van der Waals surface area (Å²) in [5, 5.41) is 0.565. The van der Waals surface area contributed by atoms with Crippen LogP contribution in [0.3, 0.4) is 0 Å². The van der Waals surface area contributed by atoms with Gasteiger partial charge in [-0.05, 0) is 60.6 Å². The molecule has 3 rings (SSSR count). The van der Waals surface area contributed by atoms with Crippen LogP contribution in [-0.4, -0.2) is 8.42 Å². The summed E-state index contributed by atoms with van der Waals surface area (Å²) in [5.74, 6) is 0. The standard InChI is InChI=1S/C17H18ClNO2S/c18-17-8-4-3-7-15(17)12-19-22(20,21)16-10-9-13-5-1-2-6-14(13)11-16/h3-4,7-11,19H,1-2,5-6,12H2. The summed E-state index contributed by atoms with van der Waals surface area (Å²) in [5.41, 5.74) is 3.20. The molecule has 2 aromatic rings.